The number of hydrogen-bond acceptors (Lipinski definition) is 2. The van der Waals surface area contributed by atoms with E-state index in [1.54, 1.807) is 0 Å². The van der Waals surface area contributed by atoms with Gasteiger partial charge < -0.3 is 10.1 Å². The van der Waals surface area contributed by atoms with Crippen molar-refractivity contribution in [3.63, 3.8) is 0 Å². The highest BCUT2D eigenvalue weighted by atomic mass is 16.5. The lowest BCUT2D eigenvalue weighted by Gasteiger charge is -2.32. The van der Waals surface area contributed by atoms with Crippen molar-refractivity contribution in [2.24, 2.45) is 11.8 Å². The molecule has 0 aromatic carbocycles. The summed E-state index contributed by atoms with van der Waals surface area (Å²) in [5.41, 5.74) is 0. The van der Waals surface area contributed by atoms with Gasteiger partial charge in [-0.25, -0.2) is 0 Å². The quantitative estimate of drug-likeness (QED) is 0.752. The lowest BCUT2D eigenvalue weighted by atomic mass is 9.86. The van der Waals surface area contributed by atoms with Crippen molar-refractivity contribution in [3.8, 4) is 0 Å². The predicted molar refractivity (Wildman–Crippen MR) is 69.7 cm³/mol. The standard InChI is InChI=1S/C14H29NO/c1-5-16-10-14(11(2)3)15-13-8-6-12(4)7-9-13/h11-15H,5-10H2,1-4H3. The van der Waals surface area contributed by atoms with Crippen LogP contribution in [-0.2, 0) is 4.74 Å². The van der Waals surface area contributed by atoms with Crippen molar-refractivity contribution in [2.45, 2.75) is 65.5 Å². The molecule has 2 heteroatoms. The van der Waals surface area contributed by atoms with Gasteiger partial charge in [0.05, 0.1) is 6.61 Å². The van der Waals surface area contributed by atoms with Gasteiger partial charge in [0.25, 0.3) is 0 Å². The molecule has 16 heavy (non-hydrogen) atoms. The average Bonchev–Trinajstić information content (AvgIpc) is 2.26. The second-order valence-electron chi connectivity index (χ2n) is 5.63. The van der Waals surface area contributed by atoms with Crippen LogP contribution in [0.5, 0.6) is 0 Å². The fourth-order valence-corrected chi connectivity index (χ4v) is 2.41. The van der Waals surface area contributed by atoms with Crippen LogP contribution >= 0.6 is 0 Å². The second-order valence-corrected chi connectivity index (χ2v) is 5.63. The topological polar surface area (TPSA) is 21.3 Å². The maximum absolute atomic E-state index is 5.56. The molecule has 1 unspecified atom stereocenters. The molecule has 1 aliphatic rings. The number of rotatable bonds is 6. The minimum absolute atomic E-state index is 0.526. The maximum atomic E-state index is 5.56. The van der Waals surface area contributed by atoms with E-state index in [9.17, 15) is 0 Å². The van der Waals surface area contributed by atoms with E-state index in [1.165, 1.54) is 25.7 Å². The van der Waals surface area contributed by atoms with E-state index in [0.29, 0.717) is 12.0 Å². The Morgan fingerprint density at radius 3 is 2.31 bits per heavy atom. The molecule has 1 fully saturated rings. The van der Waals surface area contributed by atoms with Crippen molar-refractivity contribution in [2.75, 3.05) is 13.2 Å². The fraction of sp³-hybridized carbons (Fsp3) is 1.00. The number of hydrogen-bond donors (Lipinski definition) is 1. The summed E-state index contributed by atoms with van der Waals surface area (Å²) in [6, 6.07) is 1.25. The van der Waals surface area contributed by atoms with Gasteiger partial charge in [0.2, 0.25) is 0 Å². The van der Waals surface area contributed by atoms with Crippen LogP contribution in [0.2, 0.25) is 0 Å². The molecule has 0 radical (unpaired) electrons. The Bertz CT molecular complexity index is 174. The predicted octanol–water partition coefficient (Wildman–Crippen LogP) is 3.22. The highest BCUT2D eigenvalue weighted by Gasteiger charge is 2.22. The molecule has 1 aliphatic carbocycles. The van der Waals surface area contributed by atoms with Gasteiger partial charge in [-0.1, -0.05) is 20.8 Å². The van der Waals surface area contributed by atoms with Crippen molar-refractivity contribution >= 4 is 0 Å². The van der Waals surface area contributed by atoms with Crippen LogP contribution in [-0.4, -0.2) is 25.3 Å². The highest BCUT2D eigenvalue weighted by Crippen LogP contribution is 2.24. The molecule has 0 amide bonds. The van der Waals surface area contributed by atoms with Crippen molar-refractivity contribution in [1.29, 1.82) is 0 Å². The molecule has 2 nitrogen and oxygen atoms in total. The third-order valence-corrected chi connectivity index (χ3v) is 3.77. The van der Waals surface area contributed by atoms with Gasteiger partial charge in [-0.3, -0.25) is 0 Å². The van der Waals surface area contributed by atoms with Gasteiger partial charge in [-0.15, -0.1) is 0 Å². The Hall–Kier alpha value is -0.0800. The number of ether oxygens (including phenoxy) is 1. The van der Waals surface area contributed by atoms with E-state index in [4.69, 9.17) is 4.74 Å². The molecule has 0 spiro atoms. The second kappa shape index (κ2) is 7.29. The first-order chi connectivity index (χ1) is 7.63. The summed E-state index contributed by atoms with van der Waals surface area (Å²) in [7, 11) is 0. The molecule has 1 rings (SSSR count). The van der Waals surface area contributed by atoms with E-state index in [0.717, 1.165) is 25.2 Å². The van der Waals surface area contributed by atoms with Crippen LogP contribution in [0.4, 0.5) is 0 Å². The van der Waals surface area contributed by atoms with E-state index in [-0.39, 0.29) is 0 Å². The van der Waals surface area contributed by atoms with E-state index in [1.807, 2.05) is 0 Å². The zero-order chi connectivity index (χ0) is 12.0. The Kier molecular flexibility index (Phi) is 6.37. The zero-order valence-electron chi connectivity index (χ0n) is 11.5. The third-order valence-electron chi connectivity index (χ3n) is 3.77. The maximum Gasteiger partial charge on any atom is 0.0622 e. The first-order valence-electron chi connectivity index (χ1n) is 6.97. The van der Waals surface area contributed by atoms with Gasteiger partial charge in [-0.2, -0.15) is 0 Å². The minimum atomic E-state index is 0.526. The summed E-state index contributed by atoms with van der Waals surface area (Å²) < 4.78 is 5.56. The molecular weight excluding hydrogens is 198 g/mol. The average molecular weight is 227 g/mol. The first-order valence-corrected chi connectivity index (χ1v) is 6.97. The zero-order valence-corrected chi connectivity index (χ0v) is 11.5. The molecule has 0 aromatic rings. The molecular formula is C14H29NO. The first kappa shape index (κ1) is 14.0. The van der Waals surface area contributed by atoms with Gasteiger partial charge in [0, 0.05) is 18.7 Å². The smallest absolute Gasteiger partial charge is 0.0622 e. The lowest BCUT2D eigenvalue weighted by molar-refractivity contribution is 0.0988. The Balaban J connectivity index is 2.30. The summed E-state index contributed by atoms with van der Waals surface area (Å²) in [5, 5.41) is 3.79. The number of nitrogens with one attached hydrogen (secondary N) is 1. The molecule has 0 bridgehead atoms. The van der Waals surface area contributed by atoms with Crippen LogP contribution in [0.1, 0.15) is 53.4 Å². The SMILES string of the molecule is CCOCC(NC1CCC(C)CC1)C(C)C. The van der Waals surface area contributed by atoms with E-state index in [2.05, 4.69) is 33.0 Å². The van der Waals surface area contributed by atoms with Crippen LogP contribution in [0.3, 0.4) is 0 Å². The molecule has 0 aromatic heterocycles. The molecule has 1 atom stereocenters. The molecule has 0 aliphatic heterocycles. The van der Waals surface area contributed by atoms with Crippen LogP contribution in [0, 0.1) is 11.8 Å². The summed E-state index contributed by atoms with van der Waals surface area (Å²) in [6.45, 7) is 10.7. The normalized spacial score (nSPS) is 28.3. The lowest BCUT2D eigenvalue weighted by Crippen LogP contribution is -2.45. The van der Waals surface area contributed by atoms with E-state index >= 15 is 0 Å². The Morgan fingerprint density at radius 2 is 1.81 bits per heavy atom. The van der Waals surface area contributed by atoms with Gasteiger partial charge >= 0.3 is 0 Å². The van der Waals surface area contributed by atoms with Crippen LogP contribution in [0.15, 0.2) is 0 Å². The van der Waals surface area contributed by atoms with E-state index < -0.39 is 0 Å². The van der Waals surface area contributed by atoms with Gasteiger partial charge in [0.1, 0.15) is 0 Å². The molecule has 1 saturated carbocycles. The highest BCUT2D eigenvalue weighted by molar-refractivity contribution is 4.80. The molecule has 0 saturated heterocycles. The van der Waals surface area contributed by atoms with Crippen molar-refractivity contribution in [3.05, 3.63) is 0 Å². The fourth-order valence-electron chi connectivity index (χ4n) is 2.41. The Morgan fingerprint density at radius 1 is 1.19 bits per heavy atom. The summed E-state index contributed by atoms with van der Waals surface area (Å²) in [6.07, 6.45) is 5.46. The van der Waals surface area contributed by atoms with Gasteiger partial charge in [0.15, 0.2) is 0 Å². The summed E-state index contributed by atoms with van der Waals surface area (Å²) in [5.74, 6) is 1.59. The van der Waals surface area contributed by atoms with Crippen molar-refractivity contribution in [1.82, 2.24) is 5.32 Å². The molecule has 96 valence electrons. The van der Waals surface area contributed by atoms with Gasteiger partial charge in [-0.05, 0) is 44.4 Å². The summed E-state index contributed by atoms with van der Waals surface area (Å²) in [4.78, 5) is 0. The largest absolute Gasteiger partial charge is 0.380 e. The molecule has 1 N–H and O–H groups in total. The third kappa shape index (κ3) is 4.84. The summed E-state index contributed by atoms with van der Waals surface area (Å²) >= 11 is 0. The Labute approximate surface area is 101 Å². The molecule has 0 heterocycles. The monoisotopic (exact) mass is 227 g/mol. The van der Waals surface area contributed by atoms with Crippen molar-refractivity contribution < 1.29 is 4.74 Å². The van der Waals surface area contributed by atoms with Crippen LogP contribution < -0.4 is 5.32 Å². The minimum Gasteiger partial charge on any atom is -0.380 e. The van der Waals surface area contributed by atoms with Crippen LogP contribution in [0.25, 0.3) is 0 Å².